The molecule has 31 heavy (non-hydrogen) atoms. The van der Waals surface area contributed by atoms with E-state index in [9.17, 15) is 0 Å². The summed E-state index contributed by atoms with van der Waals surface area (Å²) in [6, 6.07) is 12.7. The predicted molar refractivity (Wildman–Crippen MR) is 128 cm³/mol. The van der Waals surface area contributed by atoms with Gasteiger partial charge in [0.25, 0.3) is 0 Å². The van der Waals surface area contributed by atoms with Crippen molar-refractivity contribution in [1.82, 2.24) is 10.2 Å². The summed E-state index contributed by atoms with van der Waals surface area (Å²) in [5, 5.41) is 6.89. The van der Waals surface area contributed by atoms with Crippen molar-refractivity contribution in [2.24, 2.45) is 4.99 Å². The summed E-state index contributed by atoms with van der Waals surface area (Å²) in [5.74, 6) is 1.57. The minimum absolute atomic E-state index is 0.289. The zero-order chi connectivity index (χ0) is 21.9. The highest BCUT2D eigenvalue weighted by atomic mass is 32.1. The number of benzene rings is 1. The molecule has 0 radical (unpaired) electrons. The van der Waals surface area contributed by atoms with Gasteiger partial charge in [-0.1, -0.05) is 6.07 Å². The summed E-state index contributed by atoms with van der Waals surface area (Å²) in [4.78, 5) is 9.60. The first-order valence-corrected chi connectivity index (χ1v) is 11.6. The molecule has 0 spiro atoms. The van der Waals surface area contributed by atoms with E-state index in [4.69, 9.17) is 14.2 Å². The third kappa shape index (κ3) is 7.50. The third-order valence-corrected chi connectivity index (χ3v) is 6.22. The molecule has 1 aromatic carbocycles. The van der Waals surface area contributed by atoms with Crippen LogP contribution in [0.2, 0.25) is 0 Å². The third-order valence-electron chi connectivity index (χ3n) is 5.12. The maximum Gasteiger partial charge on any atom is 0.195 e. The Labute approximate surface area is 189 Å². The molecule has 1 unspecified atom stereocenters. The molecule has 8 heteroatoms. The van der Waals surface area contributed by atoms with E-state index in [1.165, 1.54) is 9.75 Å². The Morgan fingerprint density at radius 3 is 2.77 bits per heavy atom. The van der Waals surface area contributed by atoms with Crippen LogP contribution in [0.4, 0.5) is 5.69 Å². The molecule has 1 atom stereocenters. The molecule has 0 saturated carbocycles. The van der Waals surface area contributed by atoms with Crippen LogP contribution >= 0.6 is 11.3 Å². The van der Waals surface area contributed by atoms with E-state index >= 15 is 0 Å². The van der Waals surface area contributed by atoms with Gasteiger partial charge in [-0.2, -0.15) is 0 Å². The SMILES string of the molecule is CN=C(NCC(c1ccc(C)s1)N1CCOCC1)Nc1cccc(OCCCOC)c1. The first-order chi connectivity index (χ1) is 15.2. The molecule has 3 rings (SSSR count). The fourth-order valence-corrected chi connectivity index (χ4v) is 4.51. The monoisotopic (exact) mass is 446 g/mol. The Bertz CT molecular complexity index is 821. The number of nitrogens with one attached hydrogen (secondary N) is 2. The second-order valence-corrected chi connectivity index (χ2v) is 8.73. The minimum Gasteiger partial charge on any atom is -0.493 e. The molecule has 1 aliphatic heterocycles. The van der Waals surface area contributed by atoms with Crippen molar-refractivity contribution in [3.63, 3.8) is 0 Å². The van der Waals surface area contributed by atoms with Crippen LogP contribution in [-0.2, 0) is 9.47 Å². The number of methoxy groups -OCH3 is 1. The number of aliphatic imine (C=N–C) groups is 1. The van der Waals surface area contributed by atoms with E-state index in [2.05, 4.69) is 39.6 Å². The van der Waals surface area contributed by atoms with Gasteiger partial charge in [-0.25, -0.2) is 0 Å². The Balaban J connectivity index is 1.59. The summed E-state index contributed by atoms with van der Waals surface area (Å²) < 4.78 is 16.4. The number of nitrogens with zero attached hydrogens (tertiary/aromatic N) is 2. The van der Waals surface area contributed by atoms with E-state index < -0.39 is 0 Å². The number of guanidine groups is 1. The largest absolute Gasteiger partial charge is 0.493 e. The second-order valence-electron chi connectivity index (χ2n) is 7.41. The summed E-state index contributed by atoms with van der Waals surface area (Å²) >= 11 is 1.86. The topological polar surface area (TPSA) is 67.4 Å². The van der Waals surface area contributed by atoms with Crippen LogP contribution < -0.4 is 15.4 Å². The molecule has 0 aliphatic carbocycles. The quantitative estimate of drug-likeness (QED) is 0.331. The highest BCUT2D eigenvalue weighted by Gasteiger charge is 2.24. The van der Waals surface area contributed by atoms with Crippen molar-refractivity contribution in [3.05, 3.63) is 46.2 Å². The smallest absolute Gasteiger partial charge is 0.195 e. The normalized spacial score (nSPS) is 16.2. The van der Waals surface area contributed by atoms with E-state index in [0.717, 1.165) is 56.7 Å². The molecule has 1 saturated heterocycles. The molecule has 1 aliphatic rings. The molecule has 170 valence electrons. The molecule has 2 N–H and O–H groups in total. The van der Waals surface area contributed by atoms with E-state index in [-0.39, 0.29) is 6.04 Å². The summed E-state index contributed by atoms with van der Waals surface area (Å²) in [6.45, 7) is 7.70. The van der Waals surface area contributed by atoms with Crippen LogP contribution in [0.1, 0.15) is 22.2 Å². The average molecular weight is 447 g/mol. The Morgan fingerprint density at radius 1 is 1.23 bits per heavy atom. The van der Waals surface area contributed by atoms with E-state index in [1.807, 2.05) is 35.6 Å². The van der Waals surface area contributed by atoms with Crippen molar-refractivity contribution in [2.75, 3.05) is 65.5 Å². The van der Waals surface area contributed by atoms with Gasteiger partial charge >= 0.3 is 0 Å². The van der Waals surface area contributed by atoms with Crippen LogP contribution in [0.5, 0.6) is 5.75 Å². The van der Waals surface area contributed by atoms with Crippen LogP contribution in [0.25, 0.3) is 0 Å². The molecular weight excluding hydrogens is 412 g/mol. The highest BCUT2D eigenvalue weighted by Crippen LogP contribution is 2.28. The van der Waals surface area contributed by atoms with Gasteiger partial charge in [0.05, 0.1) is 25.9 Å². The Hall–Kier alpha value is -2.13. The molecule has 1 aromatic heterocycles. The number of anilines is 1. The van der Waals surface area contributed by atoms with E-state index in [1.54, 1.807) is 14.2 Å². The van der Waals surface area contributed by atoms with Crippen molar-refractivity contribution in [2.45, 2.75) is 19.4 Å². The Morgan fingerprint density at radius 2 is 2.06 bits per heavy atom. The molecule has 0 bridgehead atoms. The number of rotatable bonds is 10. The number of hydrogen-bond donors (Lipinski definition) is 2. The van der Waals surface area contributed by atoms with Crippen molar-refractivity contribution < 1.29 is 14.2 Å². The highest BCUT2D eigenvalue weighted by molar-refractivity contribution is 7.12. The molecule has 0 amide bonds. The molecule has 7 nitrogen and oxygen atoms in total. The lowest BCUT2D eigenvalue weighted by Gasteiger charge is -2.34. The van der Waals surface area contributed by atoms with Gasteiger partial charge < -0.3 is 24.8 Å². The second kappa shape index (κ2) is 12.7. The minimum atomic E-state index is 0.289. The van der Waals surface area contributed by atoms with Crippen molar-refractivity contribution in [3.8, 4) is 5.75 Å². The lowest BCUT2D eigenvalue weighted by atomic mass is 10.2. The number of ether oxygens (including phenoxy) is 3. The summed E-state index contributed by atoms with van der Waals surface area (Å²) in [5.41, 5.74) is 0.937. The van der Waals surface area contributed by atoms with Gasteiger partial charge in [0.2, 0.25) is 0 Å². The van der Waals surface area contributed by atoms with Gasteiger partial charge in [-0.05, 0) is 31.2 Å². The van der Waals surface area contributed by atoms with Gasteiger partial charge in [0, 0.05) is 68.3 Å². The zero-order valence-corrected chi connectivity index (χ0v) is 19.5. The molecule has 1 fully saturated rings. The average Bonchev–Trinajstić information content (AvgIpc) is 3.23. The zero-order valence-electron chi connectivity index (χ0n) is 18.7. The summed E-state index contributed by atoms with van der Waals surface area (Å²) in [7, 11) is 3.49. The Kier molecular flexibility index (Phi) is 9.61. The van der Waals surface area contributed by atoms with Gasteiger partial charge in [-0.3, -0.25) is 9.89 Å². The fraction of sp³-hybridized carbons (Fsp3) is 0.522. The van der Waals surface area contributed by atoms with Crippen molar-refractivity contribution >= 4 is 23.0 Å². The number of morpholine rings is 1. The predicted octanol–water partition coefficient (Wildman–Crippen LogP) is 3.53. The van der Waals surface area contributed by atoms with Crippen molar-refractivity contribution in [1.29, 1.82) is 0 Å². The van der Waals surface area contributed by atoms with Gasteiger partial charge in [0.15, 0.2) is 5.96 Å². The first-order valence-electron chi connectivity index (χ1n) is 10.8. The van der Waals surface area contributed by atoms with Crippen LogP contribution in [-0.4, -0.2) is 71.1 Å². The fourth-order valence-electron chi connectivity index (χ4n) is 3.50. The number of aryl methyl sites for hydroxylation is 1. The van der Waals surface area contributed by atoms with Crippen LogP contribution in [0.3, 0.4) is 0 Å². The molecule has 2 heterocycles. The summed E-state index contributed by atoms with van der Waals surface area (Å²) in [6.07, 6.45) is 0.864. The standard InChI is InChI=1S/C23H34N4O3S/c1-18-8-9-22(31-18)21(27-10-14-29-15-11-27)17-25-23(24-2)26-19-6-4-7-20(16-19)30-13-5-12-28-3/h4,6-9,16,21H,5,10-15,17H2,1-3H3,(H2,24,25,26). The lowest BCUT2D eigenvalue weighted by Crippen LogP contribution is -2.44. The van der Waals surface area contributed by atoms with Gasteiger partial charge in [0.1, 0.15) is 5.75 Å². The van der Waals surface area contributed by atoms with Crippen LogP contribution in [0.15, 0.2) is 41.4 Å². The van der Waals surface area contributed by atoms with Crippen LogP contribution in [0, 0.1) is 6.92 Å². The maximum atomic E-state index is 5.80. The van der Waals surface area contributed by atoms with Gasteiger partial charge in [-0.15, -0.1) is 11.3 Å². The first kappa shape index (κ1) is 23.5. The number of thiophene rings is 1. The number of hydrogen-bond acceptors (Lipinski definition) is 6. The molecular formula is C23H34N4O3S. The lowest BCUT2D eigenvalue weighted by molar-refractivity contribution is 0.0177. The molecule has 2 aromatic rings. The van der Waals surface area contributed by atoms with E-state index in [0.29, 0.717) is 13.2 Å². The maximum absolute atomic E-state index is 5.80.